The van der Waals surface area contributed by atoms with E-state index in [1.807, 2.05) is 0 Å². The fourth-order valence-corrected chi connectivity index (χ4v) is 2.67. The van der Waals surface area contributed by atoms with Crippen LogP contribution in [0.25, 0.3) is 0 Å². The molecule has 0 amide bonds. The van der Waals surface area contributed by atoms with Gasteiger partial charge < -0.3 is 10.2 Å². The molecule has 0 fully saturated rings. The largest absolute Gasteiger partial charge is 0.310 e. The highest BCUT2D eigenvalue weighted by Crippen LogP contribution is 2.21. The predicted molar refractivity (Wildman–Crippen MR) is 94.0 cm³/mol. The van der Waals surface area contributed by atoms with Crippen LogP contribution in [-0.4, -0.2) is 31.1 Å². The first-order chi connectivity index (χ1) is 10.1. The van der Waals surface area contributed by atoms with Gasteiger partial charge in [-0.3, -0.25) is 0 Å². The van der Waals surface area contributed by atoms with Gasteiger partial charge in [-0.1, -0.05) is 58.9 Å². The molecule has 0 saturated heterocycles. The summed E-state index contributed by atoms with van der Waals surface area (Å²) in [4.78, 5) is 2.50. The van der Waals surface area contributed by atoms with Crippen molar-refractivity contribution >= 4 is 0 Å². The Bertz CT molecular complexity index is 366. The summed E-state index contributed by atoms with van der Waals surface area (Å²) >= 11 is 0. The molecule has 0 aliphatic rings. The maximum absolute atomic E-state index is 3.71. The summed E-state index contributed by atoms with van der Waals surface area (Å²) in [5.74, 6) is 0.608. The van der Waals surface area contributed by atoms with Crippen molar-refractivity contribution in [2.45, 2.75) is 59.4 Å². The maximum atomic E-state index is 3.71. The Morgan fingerprint density at radius 2 is 1.52 bits per heavy atom. The van der Waals surface area contributed by atoms with E-state index >= 15 is 0 Å². The summed E-state index contributed by atoms with van der Waals surface area (Å²) in [5.41, 5.74) is 2.86. The number of nitrogens with zero attached hydrogens (tertiary/aromatic N) is 1. The minimum Gasteiger partial charge on any atom is -0.310 e. The normalized spacial score (nSPS) is 13.1. The van der Waals surface area contributed by atoms with Crippen molar-refractivity contribution < 1.29 is 0 Å². The Morgan fingerprint density at radius 1 is 0.952 bits per heavy atom. The summed E-state index contributed by atoms with van der Waals surface area (Å²) in [6.45, 7) is 15.8. The van der Waals surface area contributed by atoms with E-state index in [-0.39, 0.29) is 0 Å². The van der Waals surface area contributed by atoms with Gasteiger partial charge in [0.25, 0.3) is 0 Å². The van der Waals surface area contributed by atoms with Crippen molar-refractivity contribution in [1.82, 2.24) is 10.2 Å². The maximum Gasteiger partial charge on any atom is 0.0332 e. The van der Waals surface area contributed by atoms with Crippen molar-refractivity contribution in [1.29, 1.82) is 0 Å². The van der Waals surface area contributed by atoms with E-state index in [4.69, 9.17) is 0 Å². The molecule has 0 spiro atoms. The van der Waals surface area contributed by atoms with E-state index in [9.17, 15) is 0 Å². The number of nitrogens with one attached hydrogen (secondary N) is 1. The highest BCUT2D eigenvalue weighted by Gasteiger charge is 2.12. The zero-order chi connectivity index (χ0) is 15.7. The molecule has 0 radical (unpaired) electrons. The zero-order valence-electron chi connectivity index (χ0n) is 14.7. The molecule has 2 heteroatoms. The lowest BCUT2D eigenvalue weighted by Gasteiger charge is -2.24. The third-order valence-corrected chi connectivity index (χ3v) is 4.27. The second-order valence-corrected chi connectivity index (χ2v) is 6.14. The Labute approximate surface area is 131 Å². The second-order valence-electron chi connectivity index (χ2n) is 6.14. The molecule has 0 aliphatic heterocycles. The van der Waals surface area contributed by atoms with Gasteiger partial charge in [0.1, 0.15) is 0 Å². The van der Waals surface area contributed by atoms with Crippen LogP contribution in [0.2, 0.25) is 0 Å². The van der Waals surface area contributed by atoms with Gasteiger partial charge in [-0.25, -0.2) is 0 Å². The molecular formula is C19H34N2. The van der Waals surface area contributed by atoms with E-state index in [1.54, 1.807) is 0 Å². The first kappa shape index (κ1) is 18.2. The van der Waals surface area contributed by atoms with E-state index in [0.29, 0.717) is 12.0 Å². The molecule has 2 nitrogen and oxygen atoms in total. The minimum absolute atomic E-state index is 0.478. The van der Waals surface area contributed by atoms with Crippen molar-refractivity contribution in [3.05, 3.63) is 35.4 Å². The van der Waals surface area contributed by atoms with E-state index in [0.717, 1.165) is 19.6 Å². The summed E-state index contributed by atoms with van der Waals surface area (Å²) < 4.78 is 0. The van der Waals surface area contributed by atoms with Gasteiger partial charge in [0.2, 0.25) is 0 Å². The number of rotatable bonds is 10. The molecule has 120 valence electrons. The van der Waals surface area contributed by atoms with Gasteiger partial charge in [0, 0.05) is 6.04 Å². The van der Waals surface area contributed by atoms with Crippen LogP contribution in [0.1, 0.15) is 70.5 Å². The summed E-state index contributed by atoms with van der Waals surface area (Å²) in [6, 6.07) is 9.68. The van der Waals surface area contributed by atoms with Crippen LogP contribution < -0.4 is 5.32 Å². The fraction of sp³-hybridized carbons (Fsp3) is 0.684. The molecule has 0 aliphatic carbocycles. The number of benzene rings is 1. The molecule has 21 heavy (non-hydrogen) atoms. The average molecular weight is 290 g/mol. The van der Waals surface area contributed by atoms with Crippen molar-refractivity contribution in [3.8, 4) is 0 Å². The first-order valence-corrected chi connectivity index (χ1v) is 8.67. The van der Waals surface area contributed by atoms with Crippen LogP contribution >= 0.6 is 0 Å². The highest BCUT2D eigenvalue weighted by molar-refractivity contribution is 5.26. The van der Waals surface area contributed by atoms with E-state index in [2.05, 4.69) is 69.1 Å². The molecule has 1 aromatic rings. The van der Waals surface area contributed by atoms with Gasteiger partial charge in [-0.05, 0) is 56.1 Å². The van der Waals surface area contributed by atoms with E-state index < -0.39 is 0 Å². The number of hydrogen-bond donors (Lipinski definition) is 1. The van der Waals surface area contributed by atoms with Crippen LogP contribution in [0.4, 0.5) is 0 Å². The van der Waals surface area contributed by atoms with Gasteiger partial charge in [-0.2, -0.15) is 0 Å². The van der Waals surface area contributed by atoms with Crippen molar-refractivity contribution in [2.75, 3.05) is 26.2 Å². The van der Waals surface area contributed by atoms with Crippen LogP contribution in [0.15, 0.2) is 24.3 Å². The molecule has 0 heterocycles. The molecule has 0 bridgehead atoms. The smallest absolute Gasteiger partial charge is 0.0332 e. The molecule has 1 atom stereocenters. The molecule has 1 aromatic carbocycles. The Morgan fingerprint density at radius 3 is 2.00 bits per heavy atom. The third-order valence-electron chi connectivity index (χ3n) is 4.27. The molecule has 1 unspecified atom stereocenters. The van der Waals surface area contributed by atoms with Crippen molar-refractivity contribution in [2.24, 2.45) is 0 Å². The quantitative estimate of drug-likeness (QED) is 0.678. The zero-order valence-corrected chi connectivity index (χ0v) is 14.7. The lowest BCUT2D eigenvalue weighted by molar-refractivity contribution is 0.282. The average Bonchev–Trinajstić information content (AvgIpc) is 2.51. The highest BCUT2D eigenvalue weighted by atomic mass is 15.1. The molecule has 1 N–H and O–H groups in total. The van der Waals surface area contributed by atoms with Gasteiger partial charge in [-0.15, -0.1) is 0 Å². The van der Waals surface area contributed by atoms with Gasteiger partial charge in [0.15, 0.2) is 0 Å². The SMILES string of the molecule is CCCNC(CCN(CC)CC)c1ccc(C(C)C)cc1. The predicted octanol–water partition coefficient (Wildman–Crippen LogP) is 4.58. The van der Waals surface area contributed by atoms with Crippen LogP contribution in [0.3, 0.4) is 0 Å². The standard InChI is InChI=1S/C19H34N2/c1-6-14-20-19(13-15-21(7-2)8-3)18-11-9-17(10-12-18)16(4)5/h9-12,16,19-20H,6-8,13-15H2,1-5H3. The summed E-state index contributed by atoms with van der Waals surface area (Å²) in [5, 5.41) is 3.71. The lowest BCUT2D eigenvalue weighted by atomic mass is 9.97. The Balaban J connectivity index is 2.71. The first-order valence-electron chi connectivity index (χ1n) is 8.67. The number of hydrogen-bond acceptors (Lipinski definition) is 2. The van der Waals surface area contributed by atoms with Crippen LogP contribution in [-0.2, 0) is 0 Å². The molecule has 1 rings (SSSR count). The Kier molecular flexibility index (Phi) is 8.63. The fourth-order valence-electron chi connectivity index (χ4n) is 2.67. The van der Waals surface area contributed by atoms with E-state index in [1.165, 1.54) is 30.5 Å². The second kappa shape index (κ2) is 9.97. The molecule has 0 aromatic heterocycles. The Hall–Kier alpha value is -0.860. The summed E-state index contributed by atoms with van der Waals surface area (Å²) in [7, 11) is 0. The monoisotopic (exact) mass is 290 g/mol. The van der Waals surface area contributed by atoms with Crippen LogP contribution in [0.5, 0.6) is 0 Å². The van der Waals surface area contributed by atoms with Gasteiger partial charge >= 0.3 is 0 Å². The van der Waals surface area contributed by atoms with Gasteiger partial charge in [0.05, 0.1) is 0 Å². The lowest BCUT2D eigenvalue weighted by Crippen LogP contribution is -2.29. The topological polar surface area (TPSA) is 15.3 Å². The molecular weight excluding hydrogens is 256 g/mol. The van der Waals surface area contributed by atoms with Crippen molar-refractivity contribution in [3.63, 3.8) is 0 Å². The summed E-state index contributed by atoms with van der Waals surface area (Å²) in [6.07, 6.45) is 2.37. The molecule has 0 saturated carbocycles. The van der Waals surface area contributed by atoms with Crippen LogP contribution in [0, 0.1) is 0 Å². The third kappa shape index (κ3) is 6.19. The minimum atomic E-state index is 0.478.